The number of alkyl halides is 1. The molecule has 15 heavy (non-hydrogen) atoms. The van der Waals surface area contributed by atoms with E-state index in [0.29, 0.717) is 16.8 Å². The molecule has 2 rings (SSSR count). The molecule has 2 heterocycles. The molecule has 0 fully saturated rings. The summed E-state index contributed by atoms with van der Waals surface area (Å²) in [6.45, 7) is 0. The van der Waals surface area contributed by atoms with Gasteiger partial charge in [-0.1, -0.05) is 15.9 Å². The quantitative estimate of drug-likeness (QED) is 0.850. The number of halogens is 2. The third kappa shape index (κ3) is 2.03. The van der Waals surface area contributed by atoms with Crippen LogP contribution in [0.3, 0.4) is 0 Å². The van der Waals surface area contributed by atoms with Gasteiger partial charge in [0.25, 0.3) is 0 Å². The summed E-state index contributed by atoms with van der Waals surface area (Å²) < 4.78 is 1.65. The fraction of sp³-hybridized carbons (Fsp3) is 0.125. The molecule has 0 aromatic carbocycles. The molecule has 2 aromatic heterocycles. The van der Waals surface area contributed by atoms with E-state index in [4.69, 9.17) is 5.11 Å². The highest BCUT2D eigenvalue weighted by Crippen LogP contribution is 2.11. The van der Waals surface area contributed by atoms with Crippen LogP contribution in [0.4, 0.5) is 0 Å². The zero-order chi connectivity index (χ0) is 10.1. The van der Waals surface area contributed by atoms with E-state index in [1.807, 2.05) is 0 Å². The summed E-state index contributed by atoms with van der Waals surface area (Å²) in [7, 11) is 0. The first-order chi connectivity index (χ1) is 6.74. The Bertz CT molecular complexity index is 498. The normalized spacial score (nSPS) is 9.93. The Kier molecular flexibility index (Phi) is 3.81. The molecule has 2 aromatic rings. The van der Waals surface area contributed by atoms with E-state index < -0.39 is 5.97 Å². The maximum Gasteiger partial charge on any atom is 0.339 e. The lowest BCUT2D eigenvalue weighted by molar-refractivity contribution is 0.0698. The van der Waals surface area contributed by atoms with Crippen molar-refractivity contribution in [1.29, 1.82) is 0 Å². The van der Waals surface area contributed by atoms with Gasteiger partial charge in [-0.2, -0.15) is 0 Å². The number of carboxylic acids is 1. The molecule has 7 heteroatoms. The fourth-order valence-electron chi connectivity index (χ4n) is 1.22. The molecule has 0 radical (unpaired) electrons. The molecule has 0 spiro atoms. The van der Waals surface area contributed by atoms with Crippen molar-refractivity contribution >= 4 is 44.5 Å². The molecule has 0 aliphatic heterocycles. The van der Waals surface area contributed by atoms with E-state index >= 15 is 0 Å². The highest BCUT2D eigenvalue weighted by atomic mass is 79.9. The van der Waals surface area contributed by atoms with Crippen molar-refractivity contribution in [3.63, 3.8) is 0 Å². The number of fused-ring (bicyclic) bond motifs is 1. The lowest BCUT2D eigenvalue weighted by Crippen LogP contribution is -2.01. The van der Waals surface area contributed by atoms with Crippen molar-refractivity contribution in [2.45, 2.75) is 5.33 Å². The van der Waals surface area contributed by atoms with Crippen LogP contribution in [0.2, 0.25) is 0 Å². The number of aromatic carboxylic acids is 1. The molecule has 80 valence electrons. The summed E-state index contributed by atoms with van der Waals surface area (Å²) in [6.07, 6.45) is 1.73. The molecule has 0 amide bonds. The highest BCUT2D eigenvalue weighted by Gasteiger charge is 2.12. The Morgan fingerprint density at radius 3 is 2.87 bits per heavy atom. The van der Waals surface area contributed by atoms with Crippen LogP contribution in [0.15, 0.2) is 18.3 Å². The molecule has 0 atom stereocenters. The van der Waals surface area contributed by atoms with Crippen LogP contribution < -0.4 is 0 Å². The van der Waals surface area contributed by atoms with Gasteiger partial charge in [0.05, 0.1) is 5.33 Å². The largest absolute Gasteiger partial charge is 0.478 e. The van der Waals surface area contributed by atoms with Crippen molar-refractivity contribution in [2.75, 3.05) is 0 Å². The zero-order valence-corrected chi connectivity index (χ0v) is 10.7. The Labute approximate surface area is 104 Å². The summed E-state index contributed by atoms with van der Waals surface area (Å²) in [5.41, 5.74) is 0.529. The zero-order valence-electron chi connectivity index (χ0n) is 7.42. The second kappa shape index (κ2) is 4.71. The molecule has 0 aliphatic rings. The van der Waals surface area contributed by atoms with Crippen molar-refractivity contribution in [3.05, 3.63) is 29.7 Å². The number of nitrogens with zero attached hydrogens (tertiary/aromatic N) is 3. The summed E-state index contributed by atoms with van der Waals surface area (Å²) in [4.78, 5) is 10.8. The van der Waals surface area contributed by atoms with Crippen molar-refractivity contribution in [1.82, 2.24) is 14.6 Å². The monoisotopic (exact) mass is 335 g/mol. The van der Waals surface area contributed by atoms with Gasteiger partial charge in [0.2, 0.25) is 0 Å². The standard InChI is InChI=1S/C8H6BrN3O2.BrH/c9-4-6-10-11-7-5(8(13)14)2-1-3-12(6)7;/h1-3H,4H2,(H,13,14);1H. The van der Waals surface area contributed by atoms with Crippen molar-refractivity contribution in [2.24, 2.45) is 0 Å². The number of aromatic nitrogens is 3. The van der Waals surface area contributed by atoms with Gasteiger partial charge < -0.3 is 5.11 Å². The Morgan fingerprint density at radius 2 is 2.27 bits per heavy atom. The van der Waals surface area contributed by atoms with Gasteiger partial charge in [-0.15, -0.1) is 27.2 Å². The number of carbonyl (C=O) groups is 1. The van der Waals surface area contributed by atoms with E-state index in [2.05, 4.69) is 26.1 Å². The van der Waals surface area contributed by atoms with Gasteiger partial charge in [-0.05, 0) is 12.1 Å². The average molecular weight is 337 g/mol. The van der Waals surface area contributed by atoms with Crippen molar-refractivity contribution < 1.29 is 9.90 Å². The maximum atomic E-state index is 10.8. The van der Waals surface area contributed by atoms with E-state index in [0.717, 1.165) is 0 Å². The number of rotatable bonds is 2. The molecule has 0 unspecified atom stereocenters. The third-order valence-corrected chi connectivity index (χ3v) is 2.36. The SMILES string of the molecule is Br.O=C(O)c1cccn2c(CBr)nnc12. The summed E-state index contributed by atoms with van der Waals surface area (Å²) in [6, 6.07) is 3.16. The summed E-state index contributed by atoms with van der Waals surface area (Å²) in [5, 5.41) is 17.1. The molecule has 0 aliphatic carbocycles. The third-order valence-electron chi connectivity index (χ3n) is 1.86. The number of pyridine rings is 1. The van der Waals surface area contributed by atoms with Crippen LogP contribution in [0.5, 0.6) is 0 Å². The first-order valence-electron chi connectivity index (χ1n) is 3.86. The number of hydrogen-bond donors (Lipinski definition) is 1. The molecule has 1 N–H and O–H groups in total. The summed E-state index contributed by atoms with van der Waals surface area (Å²) in [5.74, 6) is -0.313. The average Bonchev–Trinajstić information content (AvgIpc) is 2.59. The fourth-order valence-corrected chi connectivity index (χ4v) is 1.60. The first kappa shape index (κ1) is 12.1. The van der Waals surface area contributed by atoms with Crippen LogP contribution in [-0.4, -0.2) is 25.7 Å². The Hall–Kier alpha value is -0.950. The smallest absolute Gasteiger partial charge is 0.339 e. The lowest BCUT2D eigenvalue weighted by atomic mass is 10.3. The maximum absolute atomic E-state index is 10.8. The minimum Gasteiger partial charge on any atom is -0.478 e. The molecular weight excluding hydrogens is 330 g/mol. The topological polar surface area (TPSA) is 67.5 Å². The van der Waals surface area contributed by atoms with Crippen LogP contribution >= 0.6 is 32.9 Å². The number of carboxylic acid groups (broad SMARTS) is 1. The van der Waals surface area contributed by atoms with Crippen LogP contribution in [0.1, 0.15) is 16.2 Å². The Balaban J connectivity index is 0.00000112. The summed E-state index contributed by atoms with van der Waals surface area (Å²) >= 11 is 3.25. The molecule has 0 saturated carbocycles. The van der Waals surface area contributed by atoms with E-state index in [9.17, 15) is 4.79 Å². The lowest BCUT2D eigenvalue weighted by Gasteiger charge is -1.97. The Morgan fingerprint density at radius 1 is 1.53 bits per heavy atom. The van der Waals surface area contributed by atoms with Gasteiger partial charge in [0, 0.05) is 6.20 Å². The minimum atomic E-state index is -0.996. The van der Waals surface area contributed by atoms with E-state index in [1.165, 1.54) is 6.07 Å². The van der Waals surface area contributed by atoms with Gasteiger partial charge in [-0.25, -0.2) is 4.79 Å². The molecule has 5 nitrogen and oxygen atoms in total. The van der Waals surface area contributed by atoms with Gasteiger partial charge in [0.15, 0.2) is 5.65 Å². The van der Waals surface area contributed by atoms with Gasteiger partial charge >= 0.3 is 5.97 Å². The number of hydrogen-bond acceptors (Lipinski definition) is 3. The van der Waals surface area contributed by atoms with Crippen LogP contribution in [-0.2, 0) is 5.33 Å². The van der Waals surface area contributed by atoms with Crippen molar-refractivity contribution in [3.8, 4) is 0 Å². The van der Waals surface area contributed by atoms with E-state index in [-0.39, 0.29) is 22.5 Å². The van der Waals surface area contributed by atoms with Gasteiger partial charge in [-0.3, -0.25) is 4.40 Å². The van der Waals surface area contributed by atoms with Crippen LogP contribution in [0.25, 0.3) is 5.65 Å². The molecule has 0 bridgehead atoms. The molecular formula is C8H7Br2N3O2. The first-order valence-corrected chi connectivity index (χ1v) is 4.98. The van der Waals surface area contributed by atoms with Gasteiger partial charge in [0.1, 0.15) is 11.4 Å². The van der Waals surface area contributed by atoms with E-state index in [1.54, 1.807) is 16.7 Å². The second-order valence-corrected chi connectivity index (χ2v) is 3.23. The predicted octanol–water partition coefficient (Wildman–Crippen LogP) is 1.90. The minimum absolute atomic E-state index is 0. The van der Waals surface area contributed by atoms with Crippen LogP contribution in [0, 0.1) is 0 Å². The predicted molar refractivity (Wildman–Crippen MR) is 62.9 cm³/mol. The second-order valence-electron chi connectivity index (χ2n) is 2.67. The molecule has 0 saturated heterocycles. The highest BCUT2D eigenvalue weighted by molar-refractivity contribution is 9.08.